The molecule has 0 aliphatic carbocycles. The number of Topliss-reactive ketones (excluding diaryl/α,β-unsaturated/α-hetero) is 1. The smallest absolute Gasteiger partial charge is 0.324 e. The van der Waals surface area contributed by atoms with Crippen molar-refractivity contribution in [2.24, 2.45) is 0 Å². The van der Waals surface area contributed by atoms with E-state index in [1.807, 2.05) is 109 Å². The third kappa shape index (κ3) is 8.38. The first kappa shape index (κ1) is 31.6. The van der Waals surface area contributed by atoms with E-state index in [9.17, 15) is 14.4 Å². The van der Waals surface area contributed by atoms with Crippen molar-refractivity contribution >= 4 is 29.2 Å². The molecule has 0 aromatic heterocycles. The van der Waals surface area contributed by atoms with Crippen molar-refractivity contribution < 1.29 is 23.9 Å². The summed E-state index contributed by atoms with van der Waals surface area (Å²) in [5.41, 5.74) is 3.07. The van der Waals surface area contributed by atoms with Gasteiger partial charge in [-0.05, 0) is 59.7 Å². The van der Waals surface area contributed by atoms with Crippen LogP contribution in [-0.4, -0.2) is 69.0 Å². The summed E-state index contributed by atoms with van der Waals surface area (Å²) >= 11 is 0. The van der Waals surface area contributed by atoms with Crippen LogP contribution >= 0.6 is 0 Å². The normalized spacial score (nSPS) is 10.5. The maximum absolute atomic E-state index is 13.7. The molecule has 0 radical (unpaired) electrons. The molecule has 4 rings (SSSR count). The molecule has 4 aromatic rings. The van der Waals surface area contributed by atoms with Crippen molar-refractivity contribution in [1.29, 1.82) is 0 Å². The largest absolute Gasteiger partial charge is 0.497 e. The maximum Gasteiger partial charge on any atom is 0.324 e. The van der Waals surface area contributed by atoms with E-state index < -0.39 is 0 Å². The lowest BCUT2D eigenvalue weighted by atomic mass is 10.2. The Morgan fingerprint density at radius 1 is 0.523 bits per heavy atom. The summed E-state index contributed by atoms with van der Waals surface area (Å²) in [5, 5.41) is 0. The van der Waals surface area contributed by atoms with Crippen LogP contribution in [0.4, 0.5) is 21.0 Å². The molecule has 0 saturated carbocycles. The summed E-state index contributed by atoms with van der Waals surface area (Å²) in [6.07, 6.45) is 0. The maximum atomic E-state index is 13.7. The van der Waals surface area contributed by atoms with Crippen molar-refractivity contribution in [2.75, 3.05) is 51.2 Å². The minimum Gasteiger partial charge on any atom is -0.497 e. The number of anilines is 2. The molecule has 0 fully saturated rings. The molecule has 4 amide bonds. The predicted octanol–water partition coefficient (Wildman–Crippen LogP) is 6.09. The minimum atomic E-state index is -0.338. The van der Waals surface area contributed by atoms with Gasteiger partial charge in [-0.1, -0.05) is 60.7 Å². The molecule has 0 saturated heterocycles. The molecule has 4 aromatic carbocycles. The SMILES string of the molecule is COc1ccc(CN(CC(=O)CN(Cc2ccc(OC)cc2)C(=O)N(C)c2ccccc2)C(=O)N(C)c2ccccc2)cc1. The Labute approximate surface area is 258 Å². The summed E-state index contributed by atoms with van der Waals surface area (Å²) in [6.45, 7) is 0.0110. The molecule has 0 heterocycles. The molecule has 0 unspecified atom stereocenters. The zero-order chi connectivity index (χ0) is 31.5. The molecule has 44 heavy (non-hydrogen) atoms. The summed E-state index contributed by atoms with van der Waals surface area (Å²) in [6, 6.07) is 32.5. The second-order valence-corrected chi connectivity index (χ2v) is 10.3. The van der Waals surface area contributed by atoms with Crippen molar-refractivity contribution in [2.45, 2.75) is 13.1 Å². The van der Waals surface area contributed by atoms with Crippen LogP contribution in [0.3, 0.4) is 0 Å². The Bertz CT molecular complexity index is 1400. The van der Waals surface area contributed by atoms with Crippen molar-refractivity contribution in [3.8, 4) is 11.5 Å². The Morgan fingerprint density at radius 2 is 0.864 bits per heavy atom. The molecule has 0 N–H and O–H groups in total. The molecule has 228 valence electrons. The number of hydrogen-bond donors (Lipinski definition) is 0. The van der Waals surface area contributed by atoms with E-state index in [2.05, 4.69) is 0 Å². The summed E-state index contributed by atoms with van der Waals surface area (Å²) in [7, 11) is 6.54. The average Bonchev–Trinajstić information content (AvgIpc) is 3.07. The van der Waals surface area contributed by atoms with E-state index in [1.54, 1.807) is 28.3 Å². The Kier molecular flexibility index (Phi) is 11.0. The van der Waals surface area contributed by atoms with E-state index in [0.717, 1.165) is 11.1 Å². The number of carbonyl (C=O) groups is 3. The Morgan fingerprint density at radius 3 is 1.18 bits per heavy atom. The summed E-state index contributed by atoms with van der Waals surface area (Å²) < 4.78 is 10.5. The fraction of sp³-hybridized carbons (Fsp3) is 0.229. The molecule has 9 heteroatoms. The van der Waals surface area contributed by atoms with E-state index in [-0.39, 0.29) is 44.0 Å². The van der Waals surface area contributed by atoms with Gasteiger partial charge in [-0.2, -0.15) is 0 Å². The van der Waals surface area contributed by atoms with E-state index in [4.69, 9.17) is 9.47 Å². The number of benzene rings is 4. The van der Waals surface area contributed by atoms with Crippen LogP contribution in [0.25, 0.3) is 0 Å². The molecular weight excluding hydrogens is 556 g/mol. The molecule has 9 nitrogen and oxygen atoms in total. The first-order chi connectivity index (χ1) is 21.3. The lowest BCUT2D eigenvalue weighted by molar-refractivity contribution is -0.120. The zero-order valence-corrected chi connectivity index (χ0v) is 25.6. The molecule has 0 aliphatic rings. The summed E-state index contributed by atoms with van der Waals surface area (Å²) in [5.74, 6) is 1.11. The molecule has 0 bridgehead atoms. The van der Waals surface area contributed by atoms with E-state index in [0.29, 0.717) is 22.9 Å². The third-order valence-corrected chi connectivity index (χ3v) is 7.20. The van der Waals surface area contributed by atoms with Gasteiger partial charge in [-0.25, -0.2) is 9.59 Å². The van der Waals surface area contributed by atoms with Gasteiger partial charge in [0.2, 0.25) is 0 Å². The molecular formula is C35H38N4O5. The molecule has 0 aliphatic heterocycles. The van der Waals surface area contributed by atoms with Crippen LogP contribution in [0.15, 0.2) is 109 Å². The fourth-order valence-corrected chi connectivity index (χ4v) is 4.71. The van der Waals surface area contributed by atoms with Gasteiger partial charge in [0.25, 0.3) is 0 Å². The van der Waals surface area contributed by atoms with Crippen molar-refractivity contribution in [1.82, 2.24) is 9.80 Å². The first-order valence-corrected chi connectivity index (χ1v) is 14.2. The number of ether oxygens (including phenoxy) is 2. The molecule has 0 spiro atoms. The first-order valence-electron chi connectivity index (χ1n) is 14.2. The zero-order valence-electron chi connectivity index (χ0n) is 25.6. The quantitative estimate of drug-likeness (QED) is 0.198. The highest BCUT2D eigenvalue weighted by molar-refractivity contribution is 5.97. The monoisotopic (exact) mass is 594 g/mol. The van der Waals surface area contributed by atoms with Crippen LogP contribution in [0.1, 0.15) is 11.1 Å². The van der Waals surface area contributed by atoms with Gasteiger partial charge in [0.15, 0.2) is 5.78 Å². The second-order valence-electron chi connectivity index (χ2n) is 10.3. The Balaban J connectivity index is 1.57. The van der Waals surface area contributed by atoms with E-state index >= 15 is 0 Å². The lowest BCUT2D eigenvalue weighted by Gasteiger charge is -2.31. The minimum absolute atomic E-state index is 0.191. The van der Waals surface area contributed by atoms with Crippen LogP contribution in [0.5, 0.6) is 11.5 Å². The third-order valence-electron chi connectivity index (χ3n) is 7.20. The van der Waals surface area contributed by atoms with Gasteiger partial charge in [0, 0.05) is 38.6 Å². The lowest BCUT2D eigenvalue weighted by Crippen LogP contribution is -2.48. The van der Waals surface area contributed by atoms with Crippen LogP contribution in [0, 0.1) is 0 Å². The van der Waals surface area contributed by atoms with E-state index in [1.165, 1.54) is 19.6 Å². The number of para-hydroxylation sites is 2. The van der Waals surface area contributed by atoms with Crippen molar-refractivity contribution in [3.63, 3.8) is 0 Å². The number of methoxy groups -OCH3 is 2. The number of amides is 4. The second kappa shape index (κ2) is 15.2. The van der Waals surface area contributed by atoms with Crippen LogP contribution < -0.4 is 19.3 Å². The standard InChI is InChI=1S/C35H38N4O5/c1-36(29-11-7-5-8-12-29)34(41)38(23-27-15-19-32(43-3)20-16-27)25-31(40)26-39(24-28-17-21-33(44-4)22-18-28)35(42)37(2)30-13-9-6-10-14-30/h5-22H,23-26H2,1-4H3. The van der Waals surface area contributed by atoms with Crippen molar-refractivity contribution in [3.05, 3.63) is 120 Å². The number of urea groups is 2. The number of rotatable bonds is 12. The Hall–Kier alpha value is -5.31. The van der Waals surface area contributed by atoms with Gasteiger partial charge in [0.1, 0.15) is 11.5 Å². The van der Waals surface area contributed by atoms with Gasteiger partial charge in [-0.3, -0.25) is 14.6 Å². The fourth-order valence-electron chi connectivity index (χ4n) is 4.71. The number of nitrogens with zero attached hydrogens (tertiary/aromatic N) is 4. The van der Waals surface area contributed by atoms with Crippen LogP contribution in [-0.2, 0) is 17.9 Å². The van der Waals surface area contributed by atoms with Gasteiger partial charge in [0.05, 0.1) is 27.3 Å². The topological polar surface area (TPSA) is 82.6 Å². The number of hydrogen-bond acceptors (Lipinski definition) is 5. The summed E-state index contributed by atoms with van der Waals surface area (Å²) in [4.78, 5) is 47.2. The number of carbonyl (C=O) groups excluding carboxylic acids is 3. The van der Waals surface area contributed by atoms with Gasteiger partial charge >= 0.3 is 12.1 Å². The molecule has 0 atom stereocenters. The highest BCUT2D eigenvalue weighted by atomic mass is 16.5. The highest BCUT2D eigenvalue weighted by Gasteiger charge is 2.26. The van der Waals surface area contributed by atoms with Gasteiger partial charge in [-0.15, -0.1) is 0 Å². The number of ketones is 1. The average molecular weight is 595 g/mol. The van der Waals surface area contributed by atoms with Gasteiger partial charge < -0.3 is 19.3 Å². The van der Waals surface area contributed by atoms with Crippen LogP contribution in [0.2, 0.25) is 0 Å². The predicted molar refractivity (Wildman–Crippen MR) is 172 cm³/mol. The highest BCUT2D eigenvalue weighted by Crippen LogP contribution is 2.20.